The van der Waals surface area contributed by atoms with Gasteiger partial charge in [0.15, 0.2) is 5.78 Å². The lowest BCUT2D eigenvalue weighted by molar-refractivity contribution is -0.160. The molecule has 0 bridgehead atoms. The van der Waals surface area contributed by atoms with Crippen LogP contribution in [0.3, 0.4) is 0 Å². The number of fused-ring (bicyclic) bond motifs is 1. The molecule has 1 aliphatic carbocycles. The lowest BCUT2D eigenvalue weighted by atomic mass is 9.72. The summed E-state index contributed by atoms with van der Waals surface area (Å²) >= 11 is 1.48. The molecule has 7 heteroatoms. The minimum absolute atomic E-state index is 0.126. The number of carbonyl (C=O) groups excluding carboxylic acids is 2. The molecule has 32 heavy (non-hydrogen) atoms. The van der Waals surface area contributed by atoms with Gasteiger partial charge in [-0.1, -0.05) is 39.0 Å². The molecule has 4 unspecified atom stereocenters. The van der Waals surface area contributed by atoms with Crippen molar-refractivity contribution < 1.29 is 19.1 Å². The topological polar surface area (TPSA) is 91.5 Å². The zero-order valence-electron chi connectivity index (χ0n) is 19.5. The molecule has 1 aromatic heterocycles. The van der Waals surface area contributed by atoms with E-state index < -0.39 is 0 Å². The van der Waals surface area contributed by atoms with Gasteiger partial charge < -0.3 is 15.2 Å². The number of ketones is 1. The van der Waals surface area contributed by atoms with Gasteiger partial charge in [0, 0.05) is 23.9 Å². The molecule has 0 amide bonds. The maximum atomic E-state index is 13.3. The van der Waals surface area contributed by atoms with Crippen LogP contribution in [0, 0.1) is 18.8 Å². The van der Waals surface area contributed by atoms with Gasteiger partial charge in [0.1, 0.15) is 17.2 Å². The quantitative estimate of drug-likeness (QED) is 0.340. The van der Waals surface area contributed by atoms with E-state index in [4.69, 9.17) is 15.2 Å². The Balaban J connectivity index is 1.66. The number of carbonyl (C=O) groups is 2. The first-order valence-corrected chi connectivity index (χ1v) is 13.1. The fraction of sp³-hybridized carbons (Fsp3) is 0.720. The standard InChI is InChI=1S/C25H38N2O4S/c1-3-4-5-7-10-18-13-19-22(14-21(18)31-23(28)11-8-6-9-12-26)30-15-20(24(19)29)25-27-17(2)16-32-25/h15-16,18-19,21-22H,3-14,26H2,1-2H3. The highest BCUT2D eigenvalue weighted by Gasteiger charge is 2.46. The fourth-order valence-electron chi connectivity index (χ4n) is 4.79. The van der Waals surface area contributed by atoms with E-state index >= 15 is 0 Å². The van der Waals surface area contributed by atoms with Crippen molar-refractivity contribution in [3.05, 3.63) is 22.3 Å². The summed E-state index contributed by atoms with van der Waals surface area (Å²) in [5, 5.41) is 2.69. The van der Waals surface area contributed by atoms with E-state index in [1.807, 2.05) is 12.3 Å². The number of esters is 1. The molecular formula is C25H38N2O4S. The number of nitrogens with two attached hydrogens (primary N) is 1. The van der Waals surface area contributed by atoms with Crippen molar-refractivity contribution in [2.24, 2.45) is 17.6 Å². The summed E-state index contributed by atoms with van der Waals surface area (Å²) in [5.74, 6) is 0.00212. The van der Waals surface area contributed by atoms with Gasteiger partial charge >= 0.3 is 5.97 Å². The monoisotopic (exact) mass is 462 g/mol. The van der Waals surface area contributed by atoms with Crippen molar-refractivity contribution in [3.8, 4) is 0 Å². The molecule has 1 saturated carbocycles. The second kappa shape index (κ2) is 12.5. The van der Waals surface area contributed by atoms with Crippen LogP contribution in [-0.4, -0.2) is 35.5 Å². The number of thiazole rings is 1. The van der Waals surface area contributed by atoms with Gasteiger partial charge in [-0.05, 0) is 45.1 Å². The number of ether oxygens (including phenoxy) is 2. The Kier molecular flexibility index (Phi) is 9.72. The normalized spacial score (nSPS) is 25.1. The lowest BCUT2D eigenvalue weighted by Gasteiger charge is -2.41. The molecule has 1 aliphatic heterocycles. The van der Waals surface area contributed by atoms with Gasteiger partial charge in [-0.15, -0.1) is 11.3 Å². The van der Waals surface area contributed by atoms with Crippen molar-refractivity contribution in [2.75, 3.05) is 6.54 Å². The molecule has 178 valence electrons. The lowest BCUT2D eigenvalue weighted by Crippen LogP contribution is -2.46. The summed E-state index contributed by atoms with van der Waals surface area (Å²) in [6, 6.07) is 0. The summed E-state index contributed by atoms with van der Waals surface area (Å²) in [7, 11) is 0. The van der Waals surface area contributed by atoms with Crippen LogP contribution in [0.4, 0.5) is 0 Å². The van der Waals surface area contributed by atoms with E-state index in [1.165, 1.54) is 30.6 Å². The van der Waals surface area contributed by atoms with Gasteiger partial charge in [0.05, 0.1) is 17.8 Å². The highest BCUT2D eigenvalue weighted by atomic mass is 32.1. The van der Waals surface area contributed by atoms with Crippen molar-refractivity contribution in [1.29, 1.82) is 0 Å². The second-order valence-corrected chi connectivity index (χ2v) is 10.0. The number of allylic oxidation sites excluding steroid dienone is 1. The Morgan fingerprint density at radius 3 is 2.75 bits per heavy atom. The first kappa shape index (κ1) is 24.9. The predicted octanol–water partition coefficient (Wildman–Crippen LogP) is 5.19. The molecule has 4 atom stereocenters. The van der Waals surface area contributed by atoms with Gasteiger partial charge in [-0.25, -0.2) is 4.98 Å². The molecule has 6 nitrogen and oxygen atoms in total. The van der Waals surface area contributed by atoms with Gasteiger partial charge in [0.2, 0.25) is 0 Å². The van der Waals surface area contributed by atoms with Crippen molar-refractivity contribution in [2.45, 2.75) is 96.7 Å². The summed E-state index contributed by atoms with van der Waals surface area (Å²) in [6.45, 7) is 4.79. The highest BCUT2D eigenvalue weighted by molar-refractivity contribution is 7.11. The number of unbranched alkanes of at least 4 members (excludes halogenated alkanes) is 5. The smallest absolute Gasteiger partial charge is 0.306 e. The average Bonchev–Trinajstić information content (AvgIpc) is 3.21. The maximum Gasteiger partial charge on any atom is 0.306 e. The van der Waals surface area contributed by atoms with E-state index in [0.29, 0.717) is 31.4 Å². The Hall–Kier alpha value is -1.73. The summed E-state index contributed by atoms with van der Waals surface area (Å²) in [5.41, 5.74) is 7.04. The Morgan fingerprint density at radius 1 is 1.22 bits per heavy atom. The molecule has 3 rings (SSSR count). The largest absolute Gasteiger partial charge is 0.496 e. The Morgan fingerprint density at radius 2 is 2.03 bits per heavy atom. The zero-order chi connectivity index (χ0) is 22.9. The number of aryl methyl sites for hydroxylation is 1. The fourth-order valence-corrected chi connectivity index (χ4v) is 5.60. The van der Waals surface area contributed by atoms with Crippen LogP contribution in [0.25, 0.3) is 5.57 Å². The molecular weight excluding hydrogens is 424 g/mol. The van der Waals surface area contributed by atoms with E-state index in [1.54, 1.807) is 6.26 Å². The first-order chi connectivity index (χ1) is 15.5. The number of aromatic nitrogens is 1. The number of Topliss-reactive ketones (excluding diaryl/α,β-unsaturated/α-hetero) is 1. The minimum atomic E-state index is -0.228. The molecule has 2 N–H and O–H groups in total. The summed E-state index contributed by atoms with van der Waals surface area (Å²) < 4.78 is 12.0. The zero-order valence-corrected chi connectivity index (χ0v) is 20.3. The number of nitrogens with zero attached hydrogens (tertiary/aromatic N) is 1. The van der Waals surface area contributed by atoms with Crippen molar-refractivity contribution in [3.63, 3.8) is 0 Å². The molecule has 0 radical (unpaired) electrons. The van der Waals surface area contributed by atoms with E-state index in [2.05, 4.69) is 11.9 Å². The number of rotatable bonds is 12. The van der Waals surface area contributed by atoms with E-state index in [9.17, 15) is 9.59 Å². The Bertz CT molecular complexity index is 791. The average molecular weight is 463 g/mol. The SMILES string of the molecule is CCCCCCC1CC2C(=O)C(c3nc(C)cs3)=COC2CC1OC(=O)CCCCCN. The molecule has 0 spiro atoms. The molecule has 1 aromatic rings. The second-order valence-electron chi connectivity index (χ2n) is 9.18. The van der Waals surface area contributed by atoms with Crippen LogP contribution >= 0.6 is 11.3 Å². The third-order valence-corrected chi connectivity index (χ3v) is 7.60. The van der Waals surface area contributed by atoms with Crippen LogP contribution in [-0.2, 0) is 19.1 Å². The summed E-state index contributed by atoms with van der Waals surface area (Å²) in [4.78, 5) is 30.3. The molecule has 1 fully saturated rings. The van der Waals surface area contributed by atoms with Crippen LogP contribution in [0.2, 0.25) is 0 Å². The van der Waals surface area contributed by atoms with Gasteiger partial charge in [-0.3, -0.25) is 9.59 Å². The van der Waals surface area contributed by atoms with Gasteiger partial charge in [-0.2, -0.15) is 0 Å². The molecule has 0 saturated heterocycles. The maximum absolute atomic E-state index is 13.3. The van der Waals surface area contributed by atoms with Crippen LogP contribution in [0.5, 0.6) is 0 Å². The summed E-state index contributed by atoms with van der Waals surface area (Å²) in [6.07, 6.45) is 11.3. The first-order valence-electron chi connectivity index (χ1n) is 12.2. The van der Waals surface area contributed by atoms with Crippen molar-refractivity contribution >= 4 is 28.7 Å². The molecule has 0 aromatic carbocycles. The van der Waals surface area contributed by atoms with E-state index in [-0.39, 0.29) is 35.8 Å². The third kappa shape index (κ3) is 6.64. The van der Waals surface area contributed by atoms with Crippen LogP contribution in [0.1, 0.15) is 88.3 Å². The predicted molar refractivity (Wildman–Crippen MR) is 127 cm³/mol. The molecule has 2 heterocycles. The number of hydrogen-bond donors (Lipinski definition) is 1. The van der Waals surface area contributed by atoms with Gasteiger partial charge in [0.25, 0.3) is 0 Å². The highest BCUT2D eigenvalue weighted by Crippen LogP contribution is 2.42. The number of hydrogen-bond acceptors (Lipinski definition) is 7. The Labute approximate surface area is 196 Å². The van der Waals surface area contributed by atoms with Crippen LogP contribution in [0.15, 0.2) is 11.6 Å². The third-order valence-electron chi connectivity index (χ3n) is 6.60. The van der Waals surface area contributed by atoms with Crippen molar-refractivity contribution in [1.82, 2.24) is 4.98 Å². The minimum Gasteiger partial charge on any atom is -0.496 e. The van der Waals surface area contributed by atoms with Crippen LogP contribution < -0.4 is 5.73 Å². The van der Waals surface area contributed by atoms with E-state index in [0.717, 1.165) is 42.8 Å². The molecule has 2 aliphatic rings.